The summed E-state index contributed by atoms with van der Waals surface area (Å²) in [6.45, 7) is 6.19. The summed E-state index contributed by atoms with van der Waals surface area (Å²) in [5.74, 6) is 0.0366. The van der Waals surface area contributed by atoms with Gasteiger partial charge in [0, 0.05) is 5.56 Å². The monoisotopic (exact) mass is 340 g/mol. The zero-order valence-corrected chi connectivity index (χ0v) is 14.8. The molecule has 0 bridgehead atoms. The summed E-state index contributed by atoms with van der Waals surface area (Å²) >= 11 is 0. The second kappa shape index (κ2) is 8.33. The molecule has 0 aliphatic heterocycles. The predicted molar refractivity (Wildman–Crippen MR) is 97.5 cm³/mol. The number of primary amides is 1. The quantitative estimate of drug-likeness (QED) is 0.841. The molecule has 2 aromatic carbocycles. The molecule has 0 saturated heterocycles. The molecule has 0 fully saturated rings. The third kappa shape index (κ3) is 5.08. The summed E-state index contributed by atoms with van der Waals surface area (Å²) in [6, 6.07) is 15.0. The van der Waals surface area contributed by atoms with Crippen LogP contribution >= 0.6 is 0 Å². The van der Waals surface area contributed by atoms with Gasteiger partial charge in [-0.25, -0.2) is 4.79 Å². The van der Waals surface area contributed by atoms with E-state index < -0.39 is 12.2 Å². The van der Waals surface area contributed by atoms with Crippen molar-refractivity contribution in [3.05, 3.63) is 70.8 Å². The Kier molecular flexibility index (Phi) is 6.17. The molecule has 2 amide bonds. The van der Waals surface area contributed by atoms with E-state index in [4.69, 9.17) is 10.5 Å². The van der Waals surface area contributed by atoms with E-state index in [9.17, 15) is 9.59 Å². The van der Waals surface area contributed by atoms with Crippen LogP contribution in [0.5, 0.6) is 0 Å². The normalized spacial score (nSPS) is 11.8. The zero-order valence-electron chi connectivity index (χ0n) is 14.8. The molecule has 0 spiro atoms. The molecule has 0 radical (unpaired) electrons. The minimum atomic E-state index is -0.874. The Bertz CT molecular complexity index is 742. The van der Waals surface area contributed by atoms with Crippen LogP contribution in [0.2, 0.25) is 0 Å². The number of nitrogens with one attached hydrogen (secondary N) is 1. The number of ether oxygens (including phenoxy) is 1. The molecule has 5 heteroatoms. The molecular formula is C20H24N2O3. The Balaban J connectivity index is 2.16. The Morgan fingerprint density at radius 3 is 2.40 bits per heavy atom. The fourth-order valence-electron chi connectivity index (χ4n) is 2.69. The number of hydrogen-bond acceptors (Lipinski definition) is 3. The van der Waals surface area contributed by atoms with Gasteiger partial charge in [0.1, 0.15) is 6.10 Å². The Morgan fingerprint density at radius 2 is 1.80 bits per heavy atom. The van der Waals surface area contributed by atoms with Crippen LogP contribution in [-0.2, 0) is 4.74 Å². The fraction of sp³-hybridized carbons (Fsp3) is 0.300. The van der Waals surface area contributed by atoms with E-state index in [0.29, 0.717) is 5.56 Å². The van der Waals surface area contributed by atoms with E-state index in [1.807, 2.05) is 69.3 Å². The molecule has 132 valence electrons. The van der Waals surface area contributed by atoms with Gasteiger partial charge in [0.15, 0.2) is 0 Å². The Hall–Kier alpha value is -2.82. The summed E-state index contributed by atoms with van der Waals surface area (Å²) in [4.78, 5) is 23.8. The predicted octanol–water partition coefficient (Wildman–Crippen LogP) is 3.68. The average Bonchev–Trinajstić information content (AvgIpc) is 2.58. The van der Waals surface area contributed by atoms with Crippen LogP contribution < -0.4 is 11.1 Å². The highest BCUT2D eigenvalue weighted by atomic mass is 16.6. The van der Waals surface area contributed by atoms with Crippen LogP contribution in [0.25, 0.3) is 0 Å². The van der Waals surface area contributed by atoms with Gasteiger partial charge in [-0.15, -0.1) is 0 Å². The second-order valence-corrected chi connectivity index (χ2v) is 6.29. The Morgan fingerprint density at radius 1 is 1.12 bits per heavy atom. The van der Waals surface area contributed by atoms with Crippen LogP contribution in [0, 0.1) is 6.92 Å². The first-order valence-electron chi connectivity index (χ1n) is 8.28. The number of nitrogens with two attached hydrogens (primary N) is 1. The molecule has 25 heavy (non-hydrogen) atoms. The molecular weight excluding hydrogens is 316 g/mol. The molecule has 0 saturated carbocycles. The van der Waals surface area contributed by atoms with Crippen molar-refractivity contribution < 1.29 is 14.3 Å². The molecule has 2 aromatic rings. The first-order chi connectivity index (χ1) is 11.9. The van der Waals surface area contributed by atoms with Gasteiger partial charge in [-0.3, -0.25) is 4.79 Å². The summed E-state index contributed by atoms with van der Waals surface area (Å²) in [7, 11) is 0. The van der Waals surface area contributed by atoms with Crippen molar-refractivity contribution in [2.45, 2.75) is 32.8 Å². The van der Waals surface area contributed by atoms with Crippen molar-refractivity contribution >= 4 is 12.0 Å². The maximum Gasteiger partial charge on any atom is 0.405 e. The topological polar surface area (TPSA) is 81.4 Å². The van der Waals surface area contributed by atoms with Crippen molar-refractivity contribution in [2.24, 2.45) is 5.73 Å². The molecule has 1 atom stereocenters. The van der Waals surface area contributed by atoms with Crippen LogP contribution in [-0.4, -0.2) is 18.5 Å². The zero-order chi connectivity index (χ0) is 18.4. The molecule has 0 aromatic heterocycles. The lowest BCUT2D eigenvalue weighted by Gasteiger charge is -2.19. The standard InChI is InChI=1S/C20H24N2O3/c1-13(2)16-10-9-14(3)11-17(16)19(23)22-12-18(25-20(21)24)15-7-5-4-6-8-15/h4-11,13,18H,12H2,1-3H3,(H2,21,24)(H,22,23). The van der Waals surface area contributed by atoms with Gasteiger partial charge in [-0.05, 0) is 30.0 Å². The van der Waals surface area contributed by atoms with Crippen molar-refractivity contribution in [1.82, 2.24) is 5.32 Å². The summed E-state index contributed by atoms with van der Waals surface area (Å²) in [5, 5.41) is 2.85. The van der Waals surface area contributed by atoms with E-state index >= 15 is 0 Å². The maximum atomic E-state index is 12.7. The first kappa shape index (κ1) is 18.5. The van der Waals surface area contributed by atoms with Gasteiger partial charge in [0.2, 0.25) is 0 Å². The SMILES string of the molecule is Cc1ccc(C(C)C)c(C(=O)NCC(OC(N)=O)c2ccccc2)c1. The number of hydrogen-bond donors (Lipinski definition) is 2. The molecule has 0 heterocycles. The molecule has 5 nitrogen and oxygen atoms in total. The van der Waals surface area contributed by atoms with Crippen molar-refractivity contribution in [2.75, 3.05) is 6.54 Å². The highest BCUT2D eigenvalue weighted by Crippen LogP contribution is 2.21. The van der Waals surface area contributed by atoms with Crippen molar-refractivity contribution in [3.63, 3.8) is 0 Å². The maximum absolute atomic E-state index is 12.7. The summed E-state index contributed by atoms with van der Waals surface area (Å²) in [5.41, 5.74) is 8.57. The molecule has 0 aliphatic rings. The minimum Gasteiger partial charge on any atom is -0.440 e. The lowest BCUT2D eigenvalue weighted by Crippen LogP contribution is -2.32. The van der Waals surface area contributed by atoms with E-state index in [1.165, 1.54) is 0 Å². The number of carbonyl (C=O) groups is 2. The number of benzene rings is 2. The van der Waals surface area contributed by atoms with Gasteiger partial charge in [-0.2, -0.15) is 0 Å². The van der Waals surface area contributed by atoms with Crippen LogP contribution in [0.1, 0.15) is 52.9 Å². The summed E-state index contributed by atoms with van der Waals surface area (Å²) < 4.78 is 5.15. The first-order valence-corrected chi connectivity index (χ1v) is 8.28. The average molecular weight is 340 g/mol. The molecule has 2 rings (SSSR count). The third-order valence-electron chi connectivity index (χ3n) is 3.95. The number of amides is 2. The van der Waals surface area contributed by atoms with Crippen LogP contribution in [0.3, 0.4) is 0 Å². The Labute approximate surface area is 148 Å². The summed E-state index contributed by atoms with van der Waals surface area (Å²) in [6.07, 6.45) is -1.50. The van der Waals surface area contributed by atoms with Crippen molar-refractivity contribution in [1.29, 1.82) is 0 Å². The largest absolute Gasteiger partial charge is 0.440 e. The van der Waals surface area contributed by atoms with E-state index in [0.717, 1.165) is 16.7 Å². The highest BCUT2D eigenvalue weighted by Gasteiger charge is 2.19. The minimum absolute atomic E-state index is 0.150. The van der Waals surface area contributed by atoms with Crippen LogP contribution in [0.15, 0.2) is 48.5 Å². The smallest absolute Gasteiger partial charge is 0.405 e. The number of carbonyl (C=O) groups excluding carboxylic acids is 2. The van der Waals surface area contributed by atoms with E-state index in [2.05, 4.69) is 5.32 Å². The third-order valence-corrected chi connectivity index (χ3v) is 3.95. The van der Waals surface area contributed by atoms with Gasteiger partial charge in [-0.1, -0.05) is 61.9 Å². The second-order valence-electron chi connectivity index (χ2n) is 6.29. The molecule has 3 N–H and O–H groups in total. The number of rotatable bonds is 6. The highest BCUT2D eigenvalue weighted by molar-refractivity contribution is 5.96. The fourth-order valence-corrected chi connectivity index (χ4v) is 2.69. The molecule has 1 unspecified atom stereocenters. The van der Waals surface area contributed by atoms with Gasteiger partial charge >= 0.3 is 6.09 Å². The molecule has 0 aliphatic carbocycles. The van der Waals surface area contributed by atoms with E-state index in [-0.39, 0.29) is 18.4 Å². The van der Waals surface area contributed by atoms with Gasteiger partial charge in [0.25, 0.3) is 5.91 Å². The van der Waals surface area contributed by atoms with E-state index in [1.54, 1.807) is 0 Å². The lowest BCUT2D eigenvalue weighted by molar-refractivity contribution is 0.0855. The lowest BCUT2D eigenvalue weighted by atomic mass is 9.95. The van der Waals surface area contributed by atoms with Crippen LogP contribution in [0.4, 0.5) is 4.79 Å². The van der Waals surface area contributed by atoms with Gasteiger partial charge < -0.3 is 15.8 Å². The van der Waals surface area contributed by atoms with Crippen molar-refractivity contribution in [3.8, 4) is 0 Å². The number of aryl methyl sites for hydroxylation is 1. The van der Waals surface area contributed by atoms with Gasteiger partial charge in [0.05, 0.1) is 6.54 Å².